The van der Waals surface area contributed by atoms with Gasteiger partial charge in [-0.1, -0.05) is 53.7 Å². The highest BCUT2D eigenvalue weighted by Gasteiger charge is 2.17. The maximum absolute atomic E-state index is 4.30. The molecule has 0 amide bonds. The van der Waals surface area contributed by atoms with Crippen LogP contribution >= 0.6 is 11.3 Å². The van der Waals surface area contributed by atoms with E-state index in [1.165, 1.54) is 4.88 Å². The molecule has 0 N–H and O–H groups in total. The third-order valence-corrected chi connectivity index (χ3v) is 3.43. The van der Waals surface area contributed by atoms with Gasteiger partial charge in [-0.05, 0) is 18.6 Å². The summed E-state index contributed by atoms with van der Waals surface area (Å²) in [6.07, 6.45) is 9.98. The summed E-state index contributed by atoms with van der Waals surface area (Å²) in [5.41, 5.74) is 3.22. The average Bonchev–Trinajstić information content (AvgIpc) is 2.80. The van der Waals surface area contributed by atoms with E-state index in [4.69, 9.17) is 0 Å². The zero-order valence-corrected chi connectivity index (χ0v) is 12.8. The van der Waals surface area contributed by atoms with Crippen molar-refractivity contribution in [2.75, 3.05) is 0 Å². The van der Waals surface area contributed by atoms with E-state index in [0.717, 1.165) is 12.1 Å². The summed E-state index contributed by atoms with van der Waals surface area (Å²) in [7, 11) is 0. The lowest BCUT2D eigenvalue weighted by atomic mass is 9.87. The summed E-state index contributed by atoms with van der Waals surface area (Å²) < 4.78 is 0. The van der Waals surface area contributed by atoms with Crippen LogP contribution in [0.15, 0.2) is 17.7 Å². The van der Waals surface area contributed by atoms with Crippen molar-refractivity contribution in [3.63, 3.8) is 0 Å². The lowest BCUT2D eigenvalue weighted by Gasteiger charge is -2.17. The highest BCUT2D eigenvalue weighted by atomic mass is 32.1. The molecule has 17 heavy (non-hydrogen) atoms. The zero-order valence-electron chi connectivity index (χ0n) is 11.9. The van der Waals surface area contributed by atoms with Crippen molar-refractivity contribution in [1.29, 1.82) is 0 Å². The fourth-order valence-corrected chi connectivity index (χ4v) is 2.01. The van der Waals surface area contributed by atoms with Gasteiger partial charge in [0.05, 0.1) is 16.1 Å². The molecular formula is C15H25NS. The molecule has 0 aromatic carbocycles. The maximum atomic E-state index is 4.30. The topological polar surface area (TPSA) is 12.9 Å². The first kappa shape index (κ1) is 16.1. The molecule has 1 atom stereocenters. The minimum absolute atomic E-state index is 0.209. The highest BCUT2D eigenvalue weighted by Crippen LogP contribution is 2.31. The van der Waals surface area contributed by atoms with Gasteiger partial charge >= 0.3 is 0 Å². The highest BCUT2D eigenvalue weighted by molar-refractivity contribution is 7.10. The number of fused-ring (bicyclic) bond motifs is 1. The van der Waals surface area contributed by atoms with Crippen molar-refractivity contribution >= 4 is 23.5 Å². The van der Waals surface area contributed by atoms with Gasteiger partial charge in [0.15, 0.2) is 0 Å². The number of allylic oxidation sites excluding steroid dienone is 2. The largest absolute Gasteiger partial charge is 0.245 e. The smallest absolute Gasteiger partial charge is 0.0809 e. The Morgan fingerprint density at radius 3 is 2.29 bits per heavy atom. The lowest BCUT2D eigenvalue weighted by molar-refractivity contribution is 0.536. The van der Waals surface area contributed by atoms with E-state index in [1.54, 1.807) is 11.3 Å². The summed E-state index contributed by atoms with van der Waals surface area (Å²) in [6, 6.07) is 0. The summed E-state index contributed by atoms with van der Waals surface area (Å²) in [4.78, 5) is 5.57. The molecule has 2 rings (SSSR count). The quantitative estimate of drug-likeness (QED) is 0.628. The monoisotopic (exact) mass is 251 g/mol. The van der Waals surface area contributed by atoms with Gasteiger partial charge in [0.2, 0.25) is 0 Å². The van der Waals surface area contributed by atoms with E-state index in [9.17, 15) is 0 Å². The number of rotatable bonds is 1. The minimum atomic E-state index is 0.209. The van der Waals surface area contributed by atoms with Gasteiger partial charge in [-0.15, -0.1) is 11.3 Å². The molecule has 1 nitrogen and oxygen atoms in total. The Morgan fingerprint density at radius 1 is 1.12 bits per heavy atom. The predicted octanol–water partition coefficient (Wildman–Crippen LogP) is 5.65. The Bertz CT molecular complexity index is 332. The van der Waals surface area contributed by atoms with Crippen molar-refractivity contribution < 1.29 is 0 Å². The van der Waals surface area contributed by atoms with Crippen LogP contribution in [0.3, 0.4) is 0 Å². The molecule has 1 aromatic heterocycles. The lowest BCUT2D eigenvalue weighted by Crippen LogP contribution is -2.05. The first-order valence-electron chi connectivity index (χ1n) is 6.55. The van der Waals surface area contributed by atoms with Crippen LogP contribution in [0.25, 0.3) is 12.2 Å². The molecule has 0 saturated heterocycles. The van der Waals surface area contributed by atoms with E-state index in [1.807, 2.05) is 33.2 Å². The Labute approximate surface area is 110 Å². The Hall–Kier alpha value is -0.890. The van der Waals surface area contributed by atoms with Gasteiger partial charge in [0.25, 0.3) is 0 Å². The summed E-state index contributed by atoms with van der Waals surface area (Å²) >= 11 is 1.70. The second-order valence-corrected chi connectivity index (χ2v) is 4.51. The Morgan fingerprint density at radius 2 is 1.71 bits per heavy atom. The minimum Gasteiger partial charge on any atom is -0.245 e. The van der Waals surface area contributed by atoms with Crippen LogP contribution in [0.5, 0.6) is 0 Å². The molecule has 0 radical (unpaired) electrons. The average molecular weight is 251 g/mol. The fourth-order valence-electron chi connectivity index (χ4n) is 1.34. The van der Waals surface area contributed by atoms with E-state index in [2.05, 4.69) is 43.1 Å². The summed E-state index contributed by atoms with van der Waals surface area (Å²) in [5.74, 6) is 0. The van der Waals surface area contributed by atoms with Crippen LogP contribution in [-0.4, -0.2) is 4.98 Å². The van der Waals surface area contributed by atoms with Crippen molar-refractivity contribution in [2.45, 2.75) is 48.0 Å². The van der Waals surface area contributed by atoms with Crippen LogP contribution in [0.2, 0.25) is 0 Å². The number of aromatic nitrogens is 1. The first-order valence-corrected chi connectivity index (χ1v) is 7.43. The van der Waals surface area contributed by atoms with Gasteiger partial charge < -0.3 is 0 Å². The van der Waals surface area contributed by atoms with E-state index in [-0.39, 0.29) is 5.41 Å². The first-order chi connectivity index (χ1) is 8.23. The standard InChI is InChI=1S/C11H13NS.2C2H6/c1-3-11(2)6-4-9-10(5-7-11)13-8-12-9;2*1-2/h4-8H,3H2,1-2H3;2*1-2H3. The van der Waals surface area contributed by atoms with Crippen LogP contribution in [-0.2, 0) is 0 Å². The van der Waals surface area contributed by atoms with Gasteiger partial charge in [-0.25, -0.2) is 4.98 Å². The molecule has 1 aromatic rings. The van der Waals surface area contributed by atoms with Gasteiger partial charge in [-0.3, -0.25) is 0 Å². The van der Waals surface area contributed by atoms with Crippen molar-refractivity contribution in [1.82, 2.24) is 4.98 Å². The molecule has 1 aliphatic rings. The molecule has 1 heterocycles. The molecule has 0 bridgehead atoms. The summed E-state index contributed by atoms with van der Waals surface area (Å²) in [5, 5.41) is 0. The van der Waals surface area contributed by atoms with E-state index < -0.39 is 0 Å². The molecule has 2 heteroatoms. The van der Waals surface area contributed by atoms with Crippen molar-refractivity contribution in [3.05, 3.63) is 28.2 Å². The SMILES string of the molecule is CC.CC.CCC1(C)C=Cc2ncsc2C=C1. The molecule has 0 spiro atoms. The van der Waals surface area contributed by atoms with Gasteiger partial charge in [0, 0.05) is 5.41 Å². The molecule has 0 saturated carbocycles. The van der Waals surface area contributed by atoms with E-state index >= 15 is 0 Å². The van der Waals surface area contributed by atoms with E-state index in [0.29, 0.717) is 0 Å². The van der Waals surface area contributed by atoms with Crippen LogP contribution < -0.4 is 0 Å². The van der Waals surface area contributed by atoms with Crippen LogP contribution in [0.4, 0.5) is 0 Å². The van der Waals surface area contributed by atoms with Crippen LogP contribution in [0, 0.1) is 5.41 Å². The number of nitrogens with zero attached hydrogens (tertiary/aromatic N) is 1. The number of hydrogen-bond acceptors (Lipinski definition) is 2. The molecule has 0 aliphatic heterocycles. The van der Waals surface area contributed by atoms with Crippen molar-refractivity contribution in [3.8, 4) is 0 Å². The molecular weight excluding hydrogens is 226 g/mol. The Balaban J connectivity index is 0.000000581. The number of hydrogen-bond donors (Lipinski definition) is 0. The van der Waals surface area contributed by atoms with Crippen LogP contribution in [0.1, 0.15) is 58.5 Å². The van der Waals surface area contributed by atoms with Gasteiger partial charge in [0.1, 0.15) is 0 Å². The second-order valence-electron chi connectivity index (χ2n) is 3.63. The maximum Gasteiger partial charge on any atom is 0.0809 e. The fraction of sp³-hybridized carbons (Fsp3) is 0.533. The third kappa shape index (κ3) is 4.47. The third-order valence-electron chi connectivity index (χ3n) is 2.62. The van der Waals surface area contributed by atoms with Gasteiger partial charge in [-0.2, -0.15) is 0 Å². The summed E-state index contributed by atoms with van der Waals surface area (Å²) in [6.45, 7) is 12.5. The van der Waals surface area contributed by atoms with Crippen molar-refractivity contribution in [2.24, 2.45) is 5.41 Å². The molecule has 1 aliphatic carbocycles. The predicted molar refractivity (Wildman–Crippen MR) is 81.3 cm³/mol. The molecule has 96 valence electrons. The normalized spacial score (nSPS) is 20.4. The second kappa shape index (κ2) is 8.24. The Kier molecular flexibility index (Phi) is 7.81. The number of thiazole rings is 1. The zero-order chi connectivity index (χ0) is 13.3. The molecule has 1 unspecified atom stereocenters. The molecule has 0 fully saturated rings.